The summed E-state index contributed by atoms with van der Waals surface area (Å²) in [7, 11) is 0. The number of pyridine rings is 1. The van der Waals surface area contributed by atoms with Crippen LogP contribution in [0.4, 0.5) is 5.82 Å². The van der Waals surface area contributed by atoms with Gasteiger partial charge in [-0.2, -0.15) is 5.26 Å². The fourth-order valence-corrected chi connectivity index (χ4v) is 2.46. The van der Waals surface area contributed by atoms with E-state index in [0.717, 1.165) is 18.9 Å². The molecule has 2 heterocycles. The molecule has 0 radical (unpaired) electrons. The van der Waals surface area contributed by atoms with Gasteiger partial charge in [-0.3, -0.25) is 0 Å². The number of halogens is 1. The van der Waals surface area contributed by atoms with E-state index in [0.29, 0.717) is 15.4 Å². The number of anilines is 1. The molecule has 2 atom stereocenters. The Hall–Kier alpha value is -0.830. The summed E-state index contributed by atoms with van der Waals surface area (Å²) >= 11 is 2.49. The quantitative estimate of drug-likeness (QED) is 0.589. The molecule has 1 fully saturated rings. The Morgan fingerprint density at radius 2 is 2.33 bits per heavy atom. The molecular formula is C11H12IN3. The first-order chi connectivity index (χ1) is 7.20. The van der Waals surface area contributed by atoms with Crippen LogP contribution in [0.15, 0.2) is 18.3 Å². The van der Waals surface area contributed by atoms with Gasteiger partial charge in [0.15, 0.2) is 0 Å². The second-order valence-electron chi connectivity index (χ2n) is 3.92. The first kappa shape index (κ1) is 10.7. The Labute approximate surface area is 103 Å². The number of hydrogen-bond donors (Lipinski definition) is 0. The maximum Gasteiger partial charge on any atom is 0.128 e. The van der Waals surface area contributed by atoms with E-state index in [2.05, 4.69) is 45.5 Å². The molecule has 0 saturated carbocycles. The minimum absolute atomic E-state index is 0.622. The van der Waals surface area contributed by atoms with Crippen molar-refractivity contribution in [1.29, 1.82) is 5.26 Å². The average molecular weight is 313 g/mol. The van der Waals surface area contributed by atoms with Crippen molar-refractivity contribution in [2.24, 2.45) is 5.92 Å². The third-order valence-corrected chi connectivity index (χ3v) is 4.34. The van der Waals surface area contributed by atoms with E-state index in [4.69, 9.17) is 5.26 Å². The molecule has 1 aliphatic heterocycles. The summed E-state index contributed by atoms with van der Waals surface area (Å²) in [6, 6.07) is 5.84. The highest BCUT2D eigenvalue weighted by Gasteiger charge is 2.27. The Balaban J connectivity index is 2.14. The van der Waals surface area contributed by atoms with Gasteiger partial charge in [0, 0.05) is 23.2 Å². The highest BCUT2D eigenvalue weighted by molar-refractivity contribution is 14.1. The van der Waals surface area contributed by atoms with Gasteiger partial charge in [0.25, 0.3) is 0 Å². The molecule has 0 aliphatic carbocycles. The normalized spacial score (nSPS) is 25.3. The summed E-state index contributed by atoms with van der Waals surface area (Å²) in [5, 5.41) is 8.67. The molecule has 0 N–H and O–H groups in total. The molecule has 1 aromatic heterocycles. The Morgan fingerprint density at radius 3 is 2.80 bits per heavy atom. The smallest absolute Gasteiger partial charge is 0.128 e. The van der Waals surface area contributed by atoms with Crippen molar-refractivity contribution >= 4 is 28.4 Å². The zero-order chi connectivity index (χ0) is 10.8. The van der Waals surface area contributed by atoms with Crippen LogP contribution in [0.3, 0.4) is 0 Å². The van der Waals surface area contributed by atoms with Crippen molar-refractivity contribution in [1.82, 2.24) is 4.98 Å². The summed E-state index contributed by atoms with van der Waals surface area (Å²) in [4.78, 5) is 6.58. The van der Waals surface area contributed by atoms with Crippen LogP contribution in [0.5, 0.6) is 0 Å². The predicted octanol–water partition coefficient (Wildman–Crippen LogP) is 2.21. The SMILES string of the molecule is CC1CN(c2ccc(C#N)cn2)CC1I. The van der Waals surface area contributed by atoms with Gasteiger partial charge in [0.2, 0.25) is 0 Å². The van der Waals surface area contributed by atoms with Gasteiger partial charge >= 0.3 is 0 Å². The summed E-state index contributed by atoms with van der Waals surface area (Å²) < 4.78 is 0.694. The number of hydrogen-bond acceptors (Lipinski definition) is 3. The van der Waals surface area contributed by atoms with E-state index < -0.39 is 0 Å². The summed E-state index contributed by atoms with van der Waals surface area (Å²) in [5.41, 5.74) is 0.622. The van der Waals surface area contributed by atoms with E-state index in [-0.39, 0.29) is 0 Å². The lowest BCUT2D eigenvalue weighted by molar-refractivity contribution is 0.687. The lowest BCUT2D eigenvalue weighted by atomic mass is 10.2. The van der Waals surface area contributed by atoms with E-state index in [1.54, 1.807) is 6.20 Å². The van der Waals surface area contributed by atoms with Crippen LogP contribution in [0.25, 0.3) is 0 Å². The fourth-order valence-electron chi connectivity index (χ4n) is 1.75. The van der Waals surface area contributed by atoms with Crippen molar-refractivity contribution in [3.63, 3.8) is 0 Å². The summed E-state index contributed by atoms with van der Waals surface area (Å²) in [6.07, 6.45) is 1.64. The van der Waals surface area contributed by atoms with Crippen molar-refractivity contribution in [2.45, 2.75) is 10.8 Å². The fraction of sp³-hybridized carbons (Fsp3) is 0.455. The molecular weight excluding hydrogens is 301 g/mol. The molecule has 0 amide bonds. The lowest BCUT2D eigenvalue weighted by Crippen LogP contribution is -2.20. The molecule has 0 aromatic carbocycles. The van der Waals surface area contributed by atoms with Gasteiger partial charge in [-0.05, 0) is 18.1 Å². The molecule has 0 spiro atoms. The highest BCUT2D eigenvalue weighted by Crippen LogP contribution is 2.26. The predicted molar refractivity (Wildman–Crippen MR) is 68.1 cm³/mol. The van der Waals surface area contributed by atoms with E-state index in [9.17, 15) is 0 Å². The highest BCUT2D eigenvalue weighted by atomic mass is 127. The van der Waals surface area contributed by atoms with E-state index in [1.165, 1.54) is 0 Å². The van der Waals surface area contributed by atoms with Crippen LogP contribution in [-0.2, 0) is 0 Å². The number of aromatic nitrogens is 1. The first-order valence-corrected chi connectivity index (χ1v) is 6.20. The van der Waals surface area contributed by atoms with Crippen LogP contribution in [0, 0.1) is 17.2 Å². The van der Waals surface area contributed by atoms with E-state index >= 15 is 0 Å². The molecule has 15 heavy (non-hydrogen) atoms. The molecule has 1 aliphatic rings. The van der Waals surface area contributed by atoms with Gasteiger partial charge in [-0.25, -0.2) is 4.98 Å². The van der Waals surface area contributed by atoms with Crippen molar-refractivity contribution < 1.29 is 0 Å². The van der Waals surface area contributed by atoms with Crippen molar-refractivity contribution in [3.05, 3.63) is 23.9 Å². The van der Waals surface area contributed by atoms with Gasteiger partial charge in [-0.1, -0.05) is 29.5 Å². The standard InChI is InChI=1S/C11H12IN3/c1-8-6-15(7-10(8)12)11-3-2-9(4-13)5-14-11/h2-3,5,8,10H,6-7H2,1H3. The monoisotopic (exact) mass is 313 g/mol. The third-order valence-electron chi connectivity index (χ3n) is 2.72. The third kappa shape index (κ3) is 2.23. The second kappa shape index (κ2) is 4.35. The second-order valence-corrected chi connectivity index (χ2v) is 5.52. The zero-order valence-electron chi connectivity index (χ0n) is 8.52. The maximum absolute atomic E-state index is 8.67. The molecule has 78 valence electrons. The minimum atomic E-state index is 0.622. The minimum Gasteiger partial charge on any atom is -0.355 e. The van der Waals surface area contributed by atoms with Crippen LogP contribution in [0.2, 0.25) is 0 Å². The summed E-state index contributed by atoms with van der Waals surface area (Å²) in [5.74, 6) is 1.70. The topological polar surface area (TPSA) is 39.9 Å². The Bertz CT molecular complexity index is 372. The first-order valence-electron chi connectivity index (χ1n) is 4.96. The van der Waals surface area contributed by atoms with Crippen LogP contribution >= 0.6 is 22.6 Å². The van der Waals surface area contributed by atoms with Gasteiger partial charge < -0.3 is 4.90 Å². The van der Waals surface area contributed by atoms with E-state index in [1.807, 2.05) is 12.1 Å². The molecule has 2 rings (SSSR count). The lowest BCUT2D eigenvalue weighted by Gasteiger charge is -2.16. The molecule has 2 unspecified atom stereocenters. The van der Waals surface area contributed by atoms with Crippen LogP contribution < -0.4 is 4.90 Å². The molecule has 0 bridgehead atoms. The van der Waals surface area contributed by atoms with Crippen LogP contribution in [-0.4, -0.2) is 22.0 Å². The van der Waals surface area contributed by atoms with Crippen molar-refractivity contribution in [2.75, 3.05) is 18.0 Å². The van der Waals surface area contributed by atoms with Gasteiger partial charge in [-0.15, -0.1) is 0 Å². The molecule has 3 nitrogen and oxygen atoms in total. The number of rotatable bonds is 1. The molecule has 1 aromatic rings. The summed E-state index contributed by atoms with van der Waals surface area (Å²) in [6.45, 7) is 4.38. The Morgan fingerprint density at radius 1 is 1.53 bits per heavy atom. The molecule has 4 heteroatoms. The Kier molecular flexibility index (Phi) is 3.10. The van der Waals surface area contributed by atoms with Gasteiger partial charge in [0.1, 0.15) is 11.9 Å². The average Bonchev–Trinajstić information content (AvgIpc) is 2.59. The maximum atomic E-state index is 8.67. The zero-order valence-corrected chi connectivity index (χ0v) is 10.7. The number of alkyl halides is 1. The number of nitriles is 1. The number of nitrogens with zero attached hydrogens (tertiary/aromatic N) is 3. The van der Waals surface area contributed by atoms with Gasteiger partial charge in [0.05, 0.1) is 5.56 Å². The molecule has 1 saturated heterocycles. The largest absolute Gasteiger partial charge is 0.355 e. The van der Waals surface area contributed by atoms with Crippen molar-refractivity contribution in [3.8, 4) is 6.07 Å². The van der Waals surface area contributed by atoms with Crippen LogP contribution in [0.1, 0.15) is 12.5 Å².